The molecule has 170 valence electrons. The summed E-state index contributed by atoms with van der Waals surface area (Å²) in [5, 5.41) is 11.4. The first-order chi connectivity index (χ1) is 16.2. The zero-order valence-electron chi connectivity index (χ0n) is 18.6. The van der Waals surface area contributed by atoms with Crippen molar-refractivity contribution in [1.29, 1.82) is 0 Å². The first-order valence-electron chi connectivity index (χ1n) is 11.7. The number of nitrogens with one attached hydrogen (secondary N) is 1. The predicted molar refractivity (Wildman–Crippen MR) is 124 cm³/mol. The van der Waals surface area contributed by atoms with Crippen molar-refractivity contribution in [1.82, 2.24) is 25.0 Å². The van der Waals surface area contributed by atoms with Crippen LogP contribution in [-0.4, -0.2) is 38.0 Å². The van der Waals surface area contributed by atoms with E-state index in [1.54, 1.807) is 6.33 Å². The van der Waals surface area contributed by atoms with Crippen LogP contribution in [0.5, 0.6) is 0 Å². The minimum atomic E-state index is -0.296. The van der Waals surface area contributed by atoms with Gasteiger partial charge >= 0.3 is 0 Å². The zero-order valence-corrected chi connectivity index (χ0v) is 18.6. The lowest BCUT2D eigenvalue weighted by molar-refractivity contribution is -0.144. The SMILES string of the molecule is O=C(NCCc1nncn1C1CC1)C1CCC(=O)N(Cc2ccccc2)C1c1ccccc1. The van der Waals surface area contributed by atoms with Gasteiger partial charge in [0.2, 0.25) is 11.8 Å². The number of nitrogens with zero attached hydrogens (tertiary/aromatic N) is 4. The quantitative estimate of drug-likeness (QED) is 0.578. The molecule has 2 aliphatic rings. The number of piperidine rings is 1. The van der Waals surface area contributed by atoms with Crippen LogP contribution in [0.15, 0.2) is 67.0 Å². The van der Waals surface area contributed by atoms with Crippen LogP contribution < -0.4 is 5.32 Å². The van der Waals surface area contributed by atoms with Gasteiger partial charge in [0, 0.05) is 32.0 Å². The summed E-state index contributed by atoms with van der Waals surface area (Å²) >= 11 is 0. The molecule has 33 heavy (non-hydrogen) atoms. The maximum Gasteiger partial charge on any atom is 0.225 e. The van der Waals surface area contributed by atoms with Gasteiger partial charge in [-0.3, -0.25) is 9.59 Å². The molecule has 0 radical (unpaired) electrons. The van der Waals surface area contributed by atoms with Gasteiger partial charge in [-0.2, -0.15) is 0 Å². The fraction of sp³-hybridized carbons (Fsp3) is 0.385. The summed E-state index contributed by atoms with van der Waals surface area (Å²) in [4.78, 5) is 28.2. The molecule has 1 saturated carbocycles. The van der Waals surface area contributed by atoms with Crippen LogP contribution in [0.4, 0.5) is 0 Å². The molecule has 7 heteroatoms. The number of rotatable bonds is 8. The molecule has 0 spiro atoms. The number of hydrogen-bond donors (Lipinski definition) is 1. The number of carbonyl (C=O) groups is 2. The molecule has 1 aliphatic carbocycles. The second-order valence-electron chi connectivity index (χ2n) is 8.93. The predicted octanol–water partition coefficient (Wildman–Crippen LogP) is 3.45. The summed E-state index contributed by atoms with van der Waals surface area (Å²) in [6.45, 7) is 1.00. The molecule has 0 bridgehead atoms. The summed E-state index contributed by atoms with van der Waals surface area (Å²) in [5.41, 5.74) is 2.06. The third kappa shape index (κ3) is 4.82. The highest BCUT2D eigenvalue weighted by Crippen LogP contribution is 2.38. The van der Waals surface area contributed by atoms with Crippen molar-refractivity contribution in [3.63, 3.8) is 0 Å². The first-order valence-corrected chi connectivity index (χ1v) is 11.7. The normalized spacial score (nSPS) is 20.6. The third-order valence-electron chi connectivity index (χ3n) is 6.62. The lowest BCUT2D eigenvalue weighted by Crippen LogP contribution is -2.48. The molecule has 2 heterocycles. The van der Waals surface area contributed by atoms with Crippen LogP contribution in [0.25, 0.3) is 0 Å². The molecule has 1 N–H and O–H groups in total. The maximum atomic E-state index is 13.4. The van der Waals surface area contributed by atoms with Gasteiger partial charge in [0.15, 0.2) is 0 Å². The second kappa shape index (κ2) is 9.57. The molecule has 3 aromatic rings. The Morgan fingerprint density at radius 2 is 1.73 bits per heavy atom. The van der Waals surface area contributed by atoms with Crippen LogP contribution in [0.3, 0.4) is 0 Å². The number of hydrogen-bond acceptors (Lipinski definition) is 4. The Balaban J connectivity index is 1.32. The van der Waals surface area contributed by atoms with Crippen molar-refractivity contribution in [2.24, 2.45) is 5.92 Å². The summed E-state index contributed by atoms with van der Waals surface area (Å²) in [6, 6.07) is 20.1. The minimum Gasteiger partial charge on any atom is -0.355 e. The van der Waals surface area contributed by atoms with Gasteiger partial charge < -0.3 is 14.8 Å². The van der Waals surface area contributed by atoms with Crippen molar-refractivity contribution in [2.45, 2.75) is 50.7 Å². The molecular formula is C26H29N5O2. The van der Waals surface area contributed by atoms with E-state index in [-0.39, 0.29) is 23.8 Å². The monoisotopic (exact) mass is 443 g/mol. The highest BCUT2D eigenvalue weighted by molar-refractivity contribution is 5.85. The smallest absolute Gasteiger partial charge is 0.225 e. The van der Waals surface area contributed by atoms with E-state index < -0.39 is 0 Å². The van der Waals surface area contributed by atoms with Crippen LogP contribution in [-0.2, 0) is 22.6 Å². The van der Waals surface area contributed by atoms with Crippen LogP contribution >= 0.6 is 0 Å². The molecule has 5 rings (SSSR count). The minimum absolute atomic E-state index is 0.00750. The second-order valence-corrected chi connectivity index (χ2v) is 8.93. The summed E-state index contributed by atoms with van der Waals surface area (Å²) in [7, 11) is 0. The zero-order chi connectivity index (χ0) is 22.6. The summed E-state index contributed by atoms with van der Waals surface area (Å²) in [5.74, 6) is 0.707. The molecule has 2 unspecified atom stereocenters. The number of aromatic nitrogens is 3. The number of carbonyl (C=O) groups excluding carboxylic acids is 2. The number of likely N-dealkylation sites (tertiary alicyclic amines) is 1. The molecule has 1 aromatic heterocycles. The molecule has 2 atom stereocenters. The van der Waals surface area contributed by atoms with E-state index >= 15 is 0 Å². The van der Waals surface area contributed by atoms with Crippen molar-refractivity contribution in [3.8, 4) is 0 Å². The number of amides is 2. The van der Waals surface area contributed by atoms with E-state index in [1.165, 1.54) is 12.8 Å². The van der Waals surface area contributed by atoms with Crippen molar-refractivity contribution in [3.05, 3.63) is 83.9 Å². The topological polar surface area (TPSA) is 80.1 Å². The fourth-order valence-electron chi connectivity index (χ4n) is 4.79. The van der Waals surface area contributed by atoms with Crippen molar-refractivity contribution in [2.75, 3.05) is 6.54 Å². The highest BCUT2D eigenvalue weighted by atomic mass is 16.2. The molecule has 1 aliphatic heterocycles. The Kier molecular flexibility index (Phi) is 6.19. The Morgan fingerprint density at radius 3 is 2.45 bits per heavy atom. The van der Waals surface area contributed by atoms with Crippen molar-refractivity contribution >= 4 is 11.8 Å². The molecule has 2 fully saturated rings. The molecular weight excluding hydrogens is 414 g/mol. The summed E-state index contributed by atoms with van der Waals surface area (Å²) in [6.07, 6.45) is 5.71. The number of benzene rings is 2. The van der Waals surface area contributed by atoms with Gasteiger partial charge in [-0.15, -0.1) is 10.2 Å². The van der Waals surface area contributed by atoms with Crippen molar-refractivity contribution < 1.29 is 9.59 Å². The lowest BCUT2D eigenvalue weighted by Gasteiger charge is -2.41. The van der Waals surface area contributed by atoms with E-state index in [4.69, 9.17) is 0 Å². The average molecular weight is 444 g/mol. The first kappa shape index (κ1) is 21.4. The molecule has 2 amide bonds. The molecule has 7 nitrogen and oxygen atoms in total. The lowest BCUT2D eigenvalue weighted by atomic mass is 9.83. The van der Waals surface area contributed by atoms with E-state index in [1.807, 2.05) is 65.6 Å². The summed E-state index contributed by atoms with van der Waals surface area (Å²) < 4.78 is 2.12. The third-order valence-corrected chi connectivity index (χ3v) is 6.62. The van der Waals surface area contributed by atoms with E-state index in [9.17, 15) is 9.59 Å². The van der Waals surface area contributed by atoms with E-state index in [0.29, 0.717) is 38.4 Å². The fourth-order valence-corrected chi connectivity index (χ4v) is 4.79. The highest BCUT2D eigenvalue weighted by Gasteiger charge is 2.40. The van der Waals surface area contributed by atoms with E-state index in [2.05, 4.69) is 20.1 Å². The van der Waals surface area contributed by atoms with Gasteiger partial charge in [0.05, 0.1) is 12.0 Å². The standard InChI is InChI=1S/C26H29N5O2/c32-24-14-13-22(26(33)27-16-15-23-29-28-18-31(23)21-11-12-21)25(20-9-5-2-6-10-20)30(24)17-19-7-3-1-4-8-19/h1-10,18,21-22,25H,11-17H2,(H,27,33). The maximum absolute atomic E-state index is 13.4. The average Bonchev–Trinajstić information content (AvgIpc) is 3.59. The molecule has 1 saturated heterocycles. The van der Waals surface area contributed by atoms with Crippen LogP contribution in [0, 0.1) is 5.92 Å². The van der Waals surface area contributed by atoms with Crippen LogP contribution in [0.1, 0.15) is 54.7 Å². The largest absolute Gasteiger partial charge is 0.355 e. The van der Waals surface area contributed by atoms with Crippen LogP contribution in [0.2, 0.25) is 0 Å². The Hall–Kier alpha value is -3.48. The van der Waals surface area contributed by atoms with E-state index in [0.717, 1.165) is 17.0 Å². The van der Waals surface area contributed by atoms with Gasteiger partial charge in [0.1, 0.15) is 12.2 Å². The van der Waals surface area contributed by atoms with Gasteiger partial charge in [-0.25, -0.2) is 0 Å². The Morgan fingerprint density at radius 1 is 1.00 bits per heavy atom. The Bertz CT molecular complexity index is 1090. The molecule has 2 aromatic carbocycles. The van der Waals surface area contributed by atoms with Gasteiger partial charge in [-0.1, -0.05) is 60.7 Å². The Labute approximate surface area is 193 Å². The van der Waals surface area contributed by atoms with Gasteiger partial charge in [-0.05, 0) is 30.4 Å². The van der Waals surface area contributed by atoms with Gasteiger partial charge in [0.25, 0.3) is 0 Å².